The lowest BCUT2D eigenvalue weighted by atomic mass is 10.8. The van der Waals surface area contributed by atoms with E-state index in [0.717, 1.165) is 0 Å². The average molecular weight is 152 g/mol. The van der Waals surface area contributed by atoms with Crippen molar-refractivity contribution < 1.29 is 4.39 Å². The molecule has 0 aliphatic heterocycles. The Morgan fingerprint density at radius 1 is 1.71 bits per heavy atom. The van der Waals surface area contributed by atoms with Gasteiger partial charge in [-0.1, -0.05) is 32.9 Å². The van der Waals surface area contributed by atoms with Gasteiger partial charge in [0.2, 0.25) is 0 Å². The minimum atomic E-state index is -0.259. The summed E-state index contributed by atoms with van der Waals surface area (Å²) in [5.41, 5.74) is 0. The maximum absolute atomic E-state index is 12.0. The van der Waals surface area contributed by atoms with Gasteiger partial charge in [-0.05, 0) is 0 Å². The van der Waals surface area contributed by atoms with E-state index < -0.39 is 0 Å². The number of hydrogen-bond acceptors (Lipinski definition) is 3. The molecule has 0 fully saturated rings. The van der Waals surface area contributed by atoms with Gasteiger partial charge in [0.25, 0.3) is 0 Å². The maximum Gasteiger partial charge on any atom is 0.162 e. The van der Waals surface area contributed by atoms with E-state index in [9.17, 15) is 4.39 Å². The molecule has 7 heavy (non-hydrogen) atoms. The van der Waals surface area contributed by atoms with Crippen LogP contribution >= 0.6 is 32.9 Å². The molecule has 1 rings (SSSR count). The van der Waals surface area contributed by atoms with Crippen LogP contribution in [0.1, 0.15) is 0 Å². The van der Waals surface area contributed by atoms with Crippen LogP contribution in [0, 0.1) is 9.64 Å². The molecule has 0 aliphatic rings. The van der Waals surface area contributed by atoms with Gasteiger partial charge in [-0.3, -0.25) is 0 Å². The molecule has 0 nitrogen and oxygen atoms in total. The second-order valence-corrected chi connectivity index (χ2v) is 3.68. The van der Waals surface area contributed by atoms with Crippen LogP contribution in [-0.2, 0) is 0 Å². The van der Waals surface area contributed by atoms with Crippen LogP contribution in [0.3, 0.4) is 0 Å². The van der Waals surface area contributed by atoms with Crippen molar-refractivity contribution in [3.8, 4) is 0 Å². The van der Waals surface area contributed by atoms with E-state index in [1.54, 1.807) is 0 Å². The van der Waals surface area contributed by atoms with E-state index in [1.807, 2.05) is 0 Å². The van der Waals surface area contributed by atoms with Crippen LogP contribution in [0.2, 0.25) is 0 Å². The molecule has 0 aromatic carbocycles. The molecule has 0 unspecified atom stereocenters. The van der Waals surface area contributed by atoms with Gasteiger partial charge in [-0.25, -0.2) is 4.39 Å². The van der Waals surface area contributed by atoms with Crippen LogP contribution in [0.4, 0.5) is 4.39 Å². The van der Waals surface area contributed by atoms with Crippen molar-refractivity contribution in [1.82, 2.24) is 0 Å². The van der Waals surface area contributed by atoms with Gasteiger partial charge in [-0.2, -0.15) is 0 Å². The zero-order chi connectivity index (χ0) is 5.28. The van der Waals surface area contributed by atoms with E-state index >= 15 is 0 Å². The summed E-state index contributed by atoms with van der Waals surface area (Å²) < 4.78 is 12.4. The van der Waals surface area contributed by atoms with Crippen LogP contribution in [0.5, 0.6) is 0 Å². The maximum atomic E-state index is 12.0. The molecular formula is C3HFS3. The van der Waals surface area contributed by atoms with Gasteiger partial charge < -0.3 is 0 Å². The van der Waals surface area contributed by atoms with Gasteiger partial charge in [0.05, 0.1) is 0 Å². The Bertz CT molecular complexity index is 198. The van der Waals surface area contributed by atoms with Gasteiger partial charge in [0, 0.05) is 5.38 Å². The molecule has 1 heterocycles. The molecule has 1 aromatic rings. The second kappa shape index (κ2) is 1.98. The third kappa shape index (κ3) is 1.05. The third-order valence-corrected chi connectivity index (χ3v) is 3.05. The number of hydrogen-bond donors (Lipinski definition) is 0. The standard InChI is InChI=1S/C3HFS3/c4-2-1-6-7-3(2)5/h1H. The predicted molar refractivity (Wildman–Crippen MR) is 33.0 cm³/mol. The van der Waals surface area contributed by atoms with Gasteiger partial charge >= 0.3 is 0 Å². The first-order valence-electron chi connectivity index (χ1n) is 1.54. The molecule has 0 spiro atoms. The Hall–Kier alpha value is 0.200. The molecule has 0 radical (unpaired) electrons. The van der Waals surface area contributed by atoms with Crippen LogP contribution in [-0.4, -0.2) is 0 Å². The lowest BCUT2D eigenvalue weighted by Gasteiger charge is -1.62. The first-order chi connectivity index (χ1) is 3.30. The first kappa shape index (κ1) is 5.34. The molecule has 0 amide bonds. The summed E-state index contributed by atoms with van der Waals surface area (Å²) in [7, 11) is 2.61. The minimum absolute atomic E-state index is 0.259. The first-order valence-corrected chi connectivity index (χ1v) is 4.16. The highest BCUT2D eigenvalue weighted by Crippen LogP contribution is 2.13. The summed E-state index contributed by atoms with van der Waals surface area (Å²) in [5, 5.41) is 1.41. The SMILES string of the molecule is Fc1cssc1=S. The molecule has 0 saturated heterocycles. The molecular weight excluding hydrogens is 151 g/mol. The Balaban J connectivity index is 3.39. The van der Waals surface area contributed by atoms with Gasteiger partial charge in [-0.15, -0.1) is 0 Å². The number of rotatable bonds is 0. The molecule has 0 saturated carbocycles. The fourth-order valence-corrected chi connectivity index (χ4v) is 2.13. The zero-order valence-corrected chi connectivity index (χ0v) is 5.63. The lowest BCUT2D eigenvalue weighted by molar-refractivity contribution is 0.632. The van der Waals surface area contributed by atoms with Crippen molar-refractivity contribution >= 4 is 32.9 Å². The molecule has 0 bridgehead atoms. The van der Waals surface area contributed by atoms with Crippen LogP contribution in [0.25, 0.3) is 0 Å². The quantitative estimate of drug-likeness (QED) is 0.407. The summed E-state index contributed by atoms with van der Waals surface area (Å²) in [6.45, 7) is 0. The van der Waals surface area contributed by atoms with Gasteiger partial charge in [0.15, 0.2) is 5.82 Å². The zero-order valence-electron chi connectivity index (χ0n) is 3.18. The Morgan fingerprint density at radius 3 is 2.57 bits per heavy atom. The second-order valence-electron chi connectivity index (χ2n) is 0.933. The monoisotopic (exact) mass is 152 g/mol. The largest absolute Gasteiger partial charge is 0.204 e. The minimum Gasteiger partial charge on any atom is -0.204 e. The predicted octanol–water partition coefficient (Wildman–Crippen LogP) is 2.68. The van der Waals surface area contributed by atoms with Gasteiger partial charge in [0.1, 0.15) is 3.82 Å². The lowest BCUT2D eigenvalue weighted by Crippen LogP contribution is -1.54. The molecule has 0 atom stereocenters. The Kier molecular flexibility index (Phi) is 1.51. The summed E-state index contributed by atoms with van der Waals surface area (Å²) in [4.78, 5) is 0. The topological polar surface area (TPSA) is 0 Å². The van der Waals surface area contributed by atoms with E-state index in [-0.39, 0.29) is 5.82 Å². The highest BCUT2D eigenvalue weighted by Gasteiger charge is 1.89. The highest BCUT2D eigenvalue weighted by atomic mass is 32.9. The molecule has 0 aliphatic carbocycles. The van der Waals surface area contributed by atoms with Crippen molar-refractivity contribution in [1.29, 1.82) is 0 Å². The van der Waals surface area contributed by atoms with Crippen molar-refractivity contribution in [2.45, 2.75) is 0 Å². The molecule has 4 heteroatoms. The van der Waals surface area contributed by atoms with E-state index in [1.165, 1.54) is 26.1 Å². The molecule has 0 N–H and O–H groups in total. The summed E-state index contributed by atoms with van der Waals surface area (Å²) in [6.07, 6.45) is 0. The van der Waals surface area contributed by atoms with Crippen LogP contribution < -0.4 is 0 Å². The summed E-state index contributed by atoms with van der Waals surface area (Å²) in [6, 6.07) is 0. The van der Waals surface area contributed by atoms with Crippen molar-refractivity contribution in [3.63, 3.8) is 0 Å². The Morgan fingerprint density at radius 2 is 2.43 bits per heavy atom. The van der Waals surface area contributed by atoms with E-state index in [2.05, 4.69) is 12.2 Å². The number of halogens is 1. The fourth-order valence-electron chi connectivity index (χ4n) is 0.198. The molecule has 1 aromatic heterocycles. The summed E-state index contributed by atoms with van der Waals surface area (Å²) in [5.74, 6) is -0.259. The highest BCUT2D eigenvalue weighted by molar-refractivity contribution is 7.79. The smallest absolute Gasteiger partial charge is 0.162 e. The Labute approximate surface area is 52.6 Å². The van der Waals surface area contributed by atoms with E-state index in [4.69, 9.17) is 0 Å². The van der Waals surface area contributed by atoms with Crippen molar-refractivity contribution in [2.24, 2.45) is 0 Å². The fraction of sp³-hybridized carbons (Fsp3) is 0. The average Bonchev–Trinajstić information content (AvgIpc) is 1.91. The third-order valence-electron chi connectivity index (χ3n) is 0.470. The van der Waals surface area contributed by atoms with E-state index in [0.29, 0.717) is 3.82 Å². The molecule has 38 valence electrons. The normalized spacial score (nSPS) is 9.29. The summed E-state index contributed by atoms with van der Waals surface area (Å²) >= 11 is 4.54. The van der Waals surface area contributed by atoms with Crippen molar-refractivity contribution in [3.05, 3.63) is 15.0 Å². The van der Waals surface area contributed by atoms with Crippen LogP contribution in [0.15, 0.2) is 5.38 Å². The van der Waals surface area contributed by atoms with Crippen molar-refractivity contribution in [2.75, 3.05) is 0 Å².